The van der Waals surface area contributed by atoms with Crippen molar-refractivity contribution in [2.75, 3.05) is 13.2 Å². The molecule has 2 N–H and O–H groups in total. The van der Waals surface area contributed by atoms with Gasteiger partial charge < -0.3 is 10.2 Å². The molecule has 0 aliphatic heterocycles. The zero-order chi connectivity index (χ0) is 15.9. The molecule has 3 aromatic rings. The van der Waals surface area contributed by atoms with Crippen LogP contribution in [0.3, 0.4) is 0 Å². The predicted octanol–water partition coefficient (Wildman–Crippen LogP) is 4.16. The zero-order valence-corrected chi connectivity index (χ0v) is 13.3. The second-order valence-corrected chi connectivity index (χ2v) is 5.23. The Bertz CT molecular complexity index is 676. The smallest absolute Gasteiger partial charge is 0.0484 e. The van der Waals surface area contributed by atoms with Crippen molar-refractivity contribution in [3.05, 3.63) is 60.2 Å². The van der Waals surface area contributed by atoms with E-state index in [-0.39, 0.29) is 19.1 Å². The van der Waals surface area contributed by atoms with Crippen LogP contribution in [0.1, 0.15) is 19.4 Å². The number of aliphatic hydroxyl groups is 2. The molecule has 2 heteroatoms. The van der Waals surface area contributed by atoms with Gasteiger partial charge in [-0.3, -0.25) is 0 Å². The van der Waals surface area contributed by atoms with Gasteiger partial charge in [0, 0.05) is 19.1 Å². The van der Waals surface area contributed by atoms with Crippen LogP contribution >= 0.6 is 0 Å². The van der Waals surface area contributed by atoms with Gasteiger partial charge in [-0.2, -0.15) is 0 Å². The van der Waals surface area contributed by atoms with Crippen LogP contribution in [0.2, 0.25) is 0 Å². The summed E-state index contributed by atoms with van der Waals surface area (Å²) in [6.45, 7) is 4.02. The van der Waals surface area contributed by atoms with Crippen LogP contribution < -0.4 is 0 Å². The average molecular weight is 296 g/mol. The highest BCUT2D eigenvalue weighted by Crippen LogP contribution is 2.30. The van der Waals surface area contributed by atoms with Crippen molar-refractivity contribution in [2.24, 2.45) is 5.92 Å². The Morgan fingerprint density at radius 3 is 1.68 bits per heavy atom. The van der Waals surface area contributed by atoms with E-state index in [1.54, 1.807) is 0 Å². The molecule has 0 radical (unpaired) electrons. The van der Waals surface area contributed by atoms with E-state index in [0.717, 1.165) is 0 Å². The highest BCUT2D eigenvalue weighted by molar-refractivity contribution is 6.02. The molecule has 0 aromatic heterocycles. The van der Waals surface area contributed by atoms with E-state index in [1.165, 1.54) is 27.1 Å². The molecule has 0 fully saturated rings. The Kier molecular flexibility index (Phi) is 5.93. The lowest BCUT2D eigenvalue weighted by Crippen LogP contribution is -2.14. The maximum Gasteiger partial charge on any atom is 0.0484 e. The van der Waals surface area contributed by atoms with Gasteiger partial charge in [0.15, 0.2) is 0 Å². The van der Waals surface area contributed by atoms with Crippen molar-refractivity contribution in [1.82, 2.24) is 0 Å². The highest BCUT2D eigenvalue weighted by atomic mass is 16.3. The summed E-state index contributed by atoms with van der Waals surface area (Å²) in [7, 11) is 0. The SMILES string of the molecule is CC.OCC(CO)Cc1c2ccccc2cc2ccccc12. The fourth-order valence-electron chi connectivity index (χ4n) is 2.80. The summed E-state index contributed by atoms with van der Waals surface area (Å²) in [6, 6.07) is 18.8. The van der Waals surface area contributed by atoms with E-state index < -0.39 is 0 Å². The minimum absolute atomic E-state index is 0.00798. The molecule has 3 aromatic carbocycles. The standard InChI is InChI=1S/C18H18O2.C2H6/c19-11-13(12-20)9-18-16-7-3-1-5-14(16)10-15-6-2-4-8-17(15)18;1-2/h1-8,10,13,19-20H,9,11-12H2;1-2H3. The summed E-state index contributed by atoms with van der Waals surface area (Å²) in [6.07, 6.45) is 0.689. The number of aliphatic hydroxyl groups excluding tert-OH is 2. The Morgan fingerprint density at radius 1 is 0.773 bits per heavy atom. The van der Waals surface area contributed by atoms with Crippen LogP contribution in [0.4, 0.5) is 0 Å². The van der Waals surface area contributed by atoms with E-state index in [0.29, 0.717) is 6.42 Å². The Balaban J connectivity index is 0.000000847. The summed E-state index contributed by atoms with van der Waals surface area (Å²) in [5, 5.41) is 23.6. The largest absolute Gasteiger partial charge is 0.396 e. The molecule has 0 spiro atoms. The molecule has 0 aliphatic rings. The fraction of sp³-hybridized carbons (Fsp3) is 0.300. The lowest BCUT2D eigenvalue weighted by Gasteiger charge is -2.16. The molecule has 0 heterocycles. The first-order chi connectivity index (χ1) is 10.8. The first kappa shape index (κ1) is 16.5. The van der Waals surface area contributed by atoms with Crippen molar-refractivity contribution in [1.29, 1.82) is 0 Å². The predicted molar refractivity (Wildman–Crippen MR) is 94.2 cm³/mol. The van der Waals surface area contributed by atoms with Gasteiger partial charge in [-0.15, -0.1) is 0 Å². The number of hydrogen-bond donors (Lipinski definition) is 2. The zero-order valence-electron chi connectivity index (χ0n) is 13.3. The summed E-state index contributed by atoms with van der Waals surface area (Å²) in [5.41, 5.74) is 1.21. The molecule has 0 amide bonds. The maximum absolute atomic E-state index is 9.37. The van der Waals surface area contributed by atoms with Crippen molar-refractivity contribution < 1.29 is 10.2 Å². The van der Waals surface area contributed by atoms with Crippen molar-refractivity contribution >= 4 is 21.5 Å². The van der Waals surface area contributed by atoms with Crippen LogP contribution in [-0.4, -0.2) is 23.4 Å². The number of hydrogen-bond acceptors (Lipinski definition) is 2. The van der Waals surface area contributed by atoms with Gasteiger partial charge in [0.25, 0.3) is 0 Å². The van der Waals surface area contributed by atoms with Gasteiger partial charge in [-0.25, -0.2) is 0 Å². The third-order valence-corrected chi connectivity index (χ3v) is 3.89. The quantitative estimate of drug-likeness (QED) is 0.710. The number of benzene rings is 3. The Morgan fingerprint density at radius 2 is 1.23 bits per heavy atom. The molecule has 0 aliphatic carbocycles. The molecule has 0 bridgehead atoms. The van der Waals surface area contributed by atoms with Crippen molar-refractivity contribution in [3.63, 3.8) is 0 Å². The minimum Gasteiger partial charge on any atom is -0.396 e. The summed E-state index contributed by atoms with van der Waals surface area (Å²) >= 11 is 0. The average Bonchev–Trinajstić information content (AvgIpc) is 2.60. The van der Waals surface area contributed by atoms with Gasteiger partial charge >= 0.3 is 0 Å². The first-order valence-corrected chi connectivity index (χ1v) is 7.94. The maximum atomic E-state index is 9.37. The second-order valence-electron chi connectivity index (χ2n) is 5.23. The van der Waals surface area contributed by atoms with Crippen LogP contribution in [0, 0.1) is 5.92 Å². The molecule has 22 heavy (non-hydrogen) atoms. The number of rotatable bonds is 4. The molecule has 0 atom stereocenters. The van der Waals surface area contributed by atoms with Crippen LogP contribution in [0.5, 0.6) is 0 Å². The molecule has 2 nitrogen and oxygen atoms in total. The van der Waals surface area contributed by atoms with Gasteiger partial charge in [-0.05, 0) is 39.6 Å². The molecule has 116 valence electrons. The topological polar surface area (TPSA) is 40.5 Å². The van der Waals surface area contributed by atoms with Gasteiger partial charge in [-0.1, -0.05) is 62.4 Å². The van der Waals surface area contributed by atoms with Crippen LogP contribution in [0.25, 0.3) is 21.5 Å². The molecular weight excluding hydrogens is 272 g/mol. The molecular formula is C20H24O2. The summed E-state index contributed by atoms with van der Waals surface area (Å²) in [4.78, 5) is 0. The normalized spacial score (nSPS) is 10.8. The van der Waals surface area contributed by atoms with E-state index in [9.17, 15) is 10.2 Å². The fourth-order valence-corrected chi connectivity index (χ4v) is 2.80. The third-order valence-electron chi connectivity index (χ3n) is 3.89. The first-order valence-electron chi connectivity index (χ1n) is 7.94. The Labute approximate surface area is 132 Å². The van der Waals surface area contributed by atoms with E-state index >= 15 is 0 Å². The minimum atomic E-state index is -0.107. The molecule has 0 unspecified atom stereocenters. The van der Waals surface area contributed by atoms with Gasteiger partial charge in [0.2, 0.25) is 0 Å². The lowest BCUT2D eigenvalue weighted by molar-refractivity contribution is 0.150. The summed E-state index contributed by atoms with van der Waals surface area (Å²) < 4.78 is 0. The van der Waals surface area contributed by atoms with Crippen LogP contribution in [-0.2, 0) is 6.42 Å². The highest BCUT2D eigenvalue weighted by Gasteiger charge is 2.13. The molecule has 0 saturated heterocycles. The monoisotopic (exact) mass is 296 g/mol. The van der Waals surface area contributed by atoms with E-state index in [2.05, 4.69) is 30.3 Å². The summed E-state index contributed by atoms with van der Waals surface area (Å²) in [5.74, 6) is -0.107. The molecule has 3 rings (SSSR count). The van der Waals surface area contributed by atoms with Gasteiger partial charge in [0.05, 0.1) is 0 Å². The Hall–Kier alpha value is -1.90. The van der Waals surface area contributed by atoms with Gasteiger partial charge in [0.1, 0.15) is 0 Å². The van der Waals surface area contributed by atoms with E-state index in [4.69, 9.17) is 0 Å². The van der Waals surface area contributed by atoms with Crippen molar-refractivity contribution in [2.45, 2.75) is 20.3 Å². The van der Waals surface area contributed by atoms with Crippen molar-refractivity contribution in [3.8, 4) is 0 Å². The van der Waals surface area contributed by atoms with Crippen LogP contribution in [0.15, 0.2) is 54.6 Å². The lowest BCUT2D eigenvalue weighted by atomic mass is 9.91. The number of fused-ring (bicyclic) bond motifs is 2. The van der Waals surface area contributed by atoms with E-state index in [1.807, 2.05) is 38.1 Å². The molecule has 0 saturated carbocycles. The third kappa shape index (κ3) is 3.29. The second kappa shape index (κ2) is 7.92.